The number of ether oxygens (including phenoxy) is 2. The van der Waals surface area contributed by atoms with Gasteiger partial charge in [-0.05, 0) is 72.4 Å². The quantitative estimate of drug-likeness (QED) is 0.193. The number of carbonyl (C=O) groups excluding carboxylic acids is 1. The Morgan fingerprint density at radius 3 is 2.43 bits per heavy atom. The third kappa shape index (κ3) is 6.48. The second kappa shape index (κ2) is 12.1. The molecule has 6 rings (SSSR count). The van der Waals surface area contributed by atoms with Gasteiger partial charge >= 0.3 is 13.7 Å². The van der Waals surface area contributed by atoms with E-state index in [1.165, 1.54) is 30.0 Å². The molecular weight excluding hydrogens is 625 g/mol. The summed E-state index contributed by atoms with van der Waals surface area (Å²) in [5.41, 5.74) is -2.08. The first-order chi connectivity index (χ1) is 21.7. The standard InChI is InChI=1S/C30H39F2N6O7P/c1-17(2)43-26(39)18(3)36-46(41,45-22-9-7-6-8-10-22)42-15-30(32)27(40)29(5,31)28(44-30)37-16-33-23-24(37)34-19(4)35-25(23)38(20-11-12-20)21-13-14-21/h6-10,16-18,20-21,27-28,40H,11-15H2,1-5H3,(H,36,41)/t18-,27-,28+,29+,30+,46?/m0/s1. The molecule has 2 N–H and O–H groups in total. The predicted molar refractivity (Wildman–Crippen MR) is 163 cm³/mol. The number of hydrogen-bond acceptors (Lipinski definition) is 11. The van der Waals surface area contributed by atoms with Crippen molar-refractivity contribution in [1.29, 1.82) is 0 Å². The molecule has 250 valence electrons. The first-order valence-electron chi connectivity index (χ1n) is 15.4. The lowest BCUT2D eigenvalue weighted by Gasteiger charge is -2.28. The number of rotatable bonds is 13. The van der Waals surface area contributed by atoms with Crippen molar-refractivity contribution in [2.24, 2.45) is 0 Å². The number of para-hydroxylation sites is 1. The lowest BCUT2D eigenvalue weighted by molar-refractivity contribution is -0.202. The van der Waals surface area contributed by atoms with Gasteiger partial charge in [-0.1, -0.05) is 18.2 Å². The number of halogens is 2. The molecule has 0 amide bonds. The fourth-order valence-electron chi connectivity index (χ4n) is 5.58. The molecule has 16 heteroatoms. The van der Waals surface area contributed by atoms with E-state index in [0.717, 1.165) is 32.6 Å². The van der Waals surface area contributed by atoms with Crippen molar-refractivity contribution in [2.45, 2.75) is 108 Å². The molecule has 1 aromatic carbocycles. The van der Waals surface area contributed by atoms with Crippen molar-refractivity contribution >= 4 is 30.7 Å². The average Bonchev–Trinajstić information content (AvgIpc) is 3.93. The average molecular weight is 665 g/mol. The van der Waals surface area contributed by atoms with E-state index in [1.807, 2.05) is 0 Å². The SMILES string of the molecule is Cc1nc(N(C2CC2)C2CC2)c2ncn([C@@H]3O[C@](F)(COP(=O)(N[C@@H](C)C(=O)OC(C)C)Oc4ccccc4)[C@@H](O)[C@@]3(C)F)c2n1. The summed E-state index contributed by atoms with van der Waals surface area (Å²) in [6, 6.07) is 7.35. The van der Waals surface area contributed by atoms with Gasteiger partial charge in [0, 0.05) is 12.1 Å². The van der Waals surface area contributed by atoms with E-state index in [2.05, 4.69) is 24.9 Å². The third-order valence-electron chi connectivity index (χ3n) is 8.08. The third-order valence-corrected chi connectivity index (χ3v) is 9.71. The number of imidazole rings is 1. The van der Waals surface area contributed by atoms with Gasteiger partial charge in [-0.15, -0.1) is 0 Å². The van der Waals surface area contributed by atoms with Crippen LogP contribution in [0.2, 0.25) is 0 Å². The molecule has 0 spiro atoms. The lowest BCUT2D eigenvalue weighted by Crippen LogP contribution is -2.47. The van der Waals surface area contributed by atoms with Crippen LogP contribution in [0.3, 0.4) is 0 Å². The number of aryl methyl sites for hydroxylation is 1. The summed E-state index contributed by atoms with van der Waals surface area (Å²) in [5, 5.41) is 13.4. The highest BCUT2D eigenvalue weighted by atomic mass is 31.2. The Bertz CT molecular complexity index is 1620. The van der Waals surface area contributed by atoms with E-state index in [9.17, 15) is 14.5 Å². The Kier molecular flexibility index (Phi) is 8.60. The number of nitrogens with zero attached hydrogens (tertiary/aromatic N) is 5. The largest absolute Gasteiger partial charge is 0.462 e. The molecular formula is C30H39F2N6O7P. The Morgan fingerprint density at radius 1 is 1.17 bits per heavy atom. The van der Waals surface area contributed by atoms with Crippen molar-refractivity contribution in [1.82, 2.24) is 24.6 Å². The van der Waals surface area contributed by atoms with Crippen LogP contribution in [0.5, 0.6) is 5.75 Å². The van der Waals surface area contributed by atoms with E-state index < -0.39 is 56.3 Å². The minimum absolute atomic E-state index is 0.0824. The number of nitrogens with one attached hydrogen (secondary N) is 1. The molecule has 3 aromatic rings. The topological polar surface area (TPSA) is 150 Å². The number of esters is 1. The molecule has 1 aliphatic heterocycles. The number of hydrogen-bond donors (Lipinski definition) is 2. The zero-order chi connectivity index (χ0) is 33.0. The highest BCUT2D eigenvalue weighted by Gasteiger charge is 2.65. The monoisotopic (exact) mass is 664 g/mol. The Hall–Kier alpha value is -3.23. The van der Waals surface area contributed by atoms with Crippen LogP contribution in [0.15, 0.2) is 36.7 Å². The molecule has 0 bridgehead atoms. The number of fused-ring (bicyclic) bond motifs is 1. The van der Waals surface area contributed by atoms with E-state index in [4.69, 9.17) is 18.5 Å². The van der Waals surface area contributed by atoms with Crippen LogP contribution < -0.4 is 14.5 Å². The van der Waals surface area contributed by atoms with Gasteiger partial charge in [0.25, 0.3) is 5.85 Å². The number of aromatic nitrogens is 4. The number of alkyl halides is 2. The van der Waals surface area contributed by atoms with Crippen LogP contribution in [-0.2, 0) is 23.4 Å². The van der Waals surface area contributed by atoms with Gasteiger partial charge in [-0.25, -0.2) is 28.3 Å². The van der Waals surface area contributed by atoms with Gasteiger partial charge < -0.3 is 24.0 Å². The first kappa shape index (κ1) is 32.7. The minimum Gasteiger partial charge on any atom is -0.462 e. The highest BCUT2D eigenvalue weighted by Crippen LogP contribution is 2.52. The van der Waals surface area contributed by atoms with Crippen molar-refractivity contribution in [3.8, 4) is 5.75 Å². The van der Waals surface area contributed by atoms with E-state index in [1.54, 1.807) is 39.0 Å². The van der Waals surface area contributed by atoms with E-state index >= 15 is 8.78 Å². The second-order valence-electron chi connectivity index (χ2n) is 12.6. The maximum absolute atomic E-state index is 16.5. The minimum atomic E-state index is -4.56. The van der Waals surface area contributed by atoms with Crippen molar-refractivity contribution in [3.63, 3.8) is 0 Å². The molecule has 3 fully saturated rings. The van der Waals surface area contributed by atoms with Gasteiger partial charge in [0.15, 0.2) is 35.0 Å². The van der Waals surface area contributed by atoms with Crippen molar-refractivity contribution in [3.05, 3.63) is 42.5 Å². The fraction of sp³-hybridized carbons (Fsp3) is 0.600. The molecule has 6 atom stereocenters. The predicted octanol–water partition coefficient (Wildman–Crippen LogP) is 4.68. The molecule has 2 aromatic heterocycles. The highest BCUT2D eigenvalue weighted by molar-refractivity contribution is 7.52. The smallest absolute Gasteiger partial charge is 0.459 e. The maximum atomic E-state index is 16.5. The van der Waals surface area contributed by atoms with Crippen LogP contribution in [0.4, 0.5) is 14.6 Å². The van der Waals surface area contributed by atoms with Crippen LogP contribution in [-0.4, -0.2) is 79.1 Å². The van der Waals surface area contributed by atoms with Crippen LogP contribution in [0.25, 0.3) is 11.2 Å². The molecule has 13 nitrogen and oxygen atoms in total. The number of carbonyl (C=O) groups is 1. The molecule has 3 aliphatic rings. The van der Waals surface area contributed by atoms with E-state index in [-0.39, 0.29) is 11.4 Å². The van der Waals surface area contributed by atoms with Crippen molar-refractivity contribution in [2.75, 3.05) is 11.5 Å². The molecule has 1 saturated heterocycles. The summed E-state index contributed by atoms with van der Waals surface area (Å²) in [5.74, 6) is -2.83. The summed E-state index contributed by atoms with van der Waals surface area (Å²) >= 11 is 0. The van der Waals surface area contributed by atoms with Gasteiger partial charge in [0.05, 0.1) is 12.4 Å². The Labute approximate surface area is 265 Å². The first-order valence-corrected chi connectivity index (χ1v) is 17.0. The van der Waals surface area contributed by atoms with Crippen LogP contribution in [0.1, 0.15) is 65.4 Å². The normalized spacial score (nSPS) is 28.3. The number of anilines is 1. The Balaban J connectivity index is 1.27. The number of benzene rings is 1. The number of aliphatic hydroxyl groups excluding tert-OH is 1. The van der Waals surface area contributed by atoms with Gasteiger partial charge in [-0.2, -0.15) is 5.09 Å². The summed E-state index contributed by atoms with van der Waals surface area (Å²) in [6.07, 6.45) is 0.850. The zero-order valence-electron chi connectivity index (χ0n) is 26.3. The Morgan fingerprint density at radius 2 is 1.83 bits per heavy atom. The van der Waals surface area contributed by atoms with Gasteiger partial charge in [-0.3, -0.25) is 13.9 Å². The molecule has 2 aliphatic carbocycles. The van der Waals surface area contributed by atoms with Crippen LogP contribution >= 0.6 is 7.75 Å². The molecule has 46 heavy (non-hydrogen) atoms. The molecule has 1 unspecified atom stereocenters. The molecule has 0 radical (unpaired) electrons. The van der Waals surface area contributed by atoms with E-state index in [0.29, 0.717) is 29.2 Å². The summed E-state index contributed by atoms with van der Waals surface area (Å²) in [4.78, 5) is 28.3. The van der Waals surface area contributed by atoms with Gasteiger partial charge in [0.2, 0.25) is 0 Å². The molecule has 3 heterocycles. The molecule has 2 saturated carbocycles. The van der Waals surface area contributed by atoms with Crippen molar-refractivity contribution < 1.29 is 41.8 Å². The summed E-state index contributed by atoms with van der Waals surface area (Å²) < 4.78 is 69.7. The zero-order valence-corrected chi connectivity index (χ0v) is 27.2. The van der Waals surface area contributed by atoms with Crippen LogP contribution in [0, 0.1) is 6.92 Å². The summed E-state index contributed by atoms with van der Waals surface area (Å²) in [6.45, 7) is 6.13. The van der Waals surface area contributed by atoms with Gasteiger partial charge in [0.1, 0.15) is 24.2 Å². The summed E-state index contributed by atoms with van der Waals surface area (Å²) in [7, 11) is -4.56. The second-order valence-corrected chi connectivity index (χ2v) is 14.3. The fourth-order valence-corrected chi connectivity index (χ4v) is 7.08. The maximum Gasteiger partial charge on any atom is 0.459 e. The lowest BCUT2D eigenvalue weighted by atomic mass is 9.97. The number of aliphatic hydroxyl groups is 1.